The number of hydrogen-bond acceptors (Lipinski definition) is 4. The molecule has 0 aliphatic carbocycles. The van der Waals surface area contributed by atoms with Gasteiger partial charge >= 0.3 is 0 Å². The Labute approximate surface area is 119 Å². The molecular formula is C14H19NO4S. The van der Waals surface area contributed by atoms with Crippen molar-refractivity contribution in [2.24, 2.45) is 0 Å². The fraction of sp³-hybridized carbons (Fsp3) is 0.500. The van der Waals surface area contributed by atoms with Gasteiger partial charge in [0, 0.05) is 19.5 Å². The molecule has 1 aliphatic rings. The summed E-state index contributed by atoms with van der Waals surface area (Å²) < 4.78 is 31.7. The number of piperidine rings is 1. The largest absolute Gasteiger partial charge is 0.493 e. The van der Waals surface area contributed by atoms with Crippen molar-refractivity contribution in [1.29, 1.82) is 0 Å². The molecular weight excluding hydrogens is 278 g/mol. The number of carbonyl (C=O) groups is 1. The van der Waals surface area contributed by atoms with Crippen LogP contribution in [-0.2, 0) is 14.8 Å². The maximum Gasteiger partial charge on any atom is 0.243 e. The highest BCUT2D eigenvalue weighted by molar-refractivity contribution is 7.89. The van der Waals surface area contributed by atoms with E-state index in [1.165, 1.54) is 0 Å². The molecule has 0 atom stereocenters. The number of carbonyl (C=O) groups excluding carboxylic acids is 1. The van der Waals surface area contributed by atoms with Crippen LogP contribution in [0, 0.1) is 0 Å². The number of rotatable bonds is 6. The Balaban J connectivity index is 2.06. The van der Waals surface area contributed by atoms with Crippen LogP contribution in [-0.4, -0.2) is 38.7 Å². The van der Waals surface area contributed by atoms with Crippen LogP contribution in [0.5, 0.6) is 5.75 Å². The summed E-state index contributed by atoms with van der Waals surface area (Å²) in [5.41, 5.74) is 0. The highest BCUT2D eigenvalue weighted by atomic mass is 32.2. The molecule has 1 fully saturated rings. The lowest BCUT2D eigenvalue weighted by Crippen LogP contribution is -2.35. The maximum absolute atomic E-state index is 12.4. The molecule has 1 heterocycles. The van der Waals surface area contributed by atoms with Gasteiger partial charge in [-0.3, -0.25) is 0 Å². The van der Waals surface area contributed by atoms with E-state index in [0.29, 0.717) is 36.8 Å². The van der Waals surface area contributed by atoms with E-state index in [0.717, 1.165) is 25.5 Å². The number of aldehydes is 1. The van der Waals surface area contributed by atoms with Crippen molar-refractivity contribution in [3.05, 3.63) is 24.3 Å². The second kappa shape index (κ2) is 6.85. The molecule has 0 bridgehead atoms. The van der Waals surface area contributed by atoms with Crippen LogP contribution in [0.4, 0.5) is 0 Å². The maximum atomic E-state index is 12.4. The van der Waals surface area contributed by atoms with Crippen molar-refractivity contribution in [3.8, 4) is 5.75 Å². The first-order chi connectivity index (χ1) is 9.64. The van der Waals surface area contributed by atoms with Crippen molar-refractivity contribution in [3.63, 3.8) is 0 Å². The van der Waals surface area contributed by atoms with Gasteiger partial charge in [-0.15, -0.1) is 0 Å². The van der Waals surface area contributed by atoms with Crippen LogP contribution < -0.4 is 4.74 Å². The van der Waals surface area contributed by atoms with Crippen molar-refractivity contribution in [2.45, 2.75) is 30.6 Å². The van der Waals surface area contributed by atoms with Gasteiger partial charge in [-0.2, -0.15) is 4.31 Å². The van der Waals surface area contributed by atoms with Crippen molar-refractivity contribution in [2.75, 3.05) is 19.7 Å². The van der Waals surface area contributed by atoms with Crippen LogP contribution >= 0.6 is 0 Å². The second-order valence-corrected chi connectivity index (χ2v) is 6.68. The Bertz CT molecular complexity index is 533. The minimum Gasteiger partial charge on any atom is -0.493 e. The summed E-state index contributed by atoms with van der Waals surface area (Å²) in [4.78, 5) is 10.5. The standard InChI is InChI=1S/C14H19NO4S/c16-11-4-12-19-13-5-7-14(8-6-13)20(17,18)15-9-2-1-3-10-15/h5-8,11H,1-4,9-10,12H2. The minimum absolute atomic E-state index is 0.294. The normalized spacial score (nSPS) is 16.8. The van der Waals surface area contributed by atoms with Crippen molar-refractivity contribution >= 4 is 16.3 Å². The SMILES string of the molecule is O=CCCOc1ccc(S(=O)(=O)N2CCCCC2)cc1. The predicted octanol–water partition coefficient (Wildman–Crippen LogP) is 1.83. The van der Waals surface area contributed by atoms with Crippen LogP contribution in [0.25, 0.3) is 0 Å². The molecule has 0 unspecified atom stereocenters. The lowest BCUT2D eigenvalue weighted by atomic mass is 10.2. The van der Waals surface area contributed by atoms with Gasteiger partial charge in [0.1, 0.15) is 12.0 Å². The lowest BCUT2D eigenvalue weighted by Gasteiger charge is -2.25. The van der Waals surface area contributed by atoms with Crippen molar-refractivity contribution < 1.29 is 17.9 Å². The molecule has 1 saturated heterocycles. The molecule has 1 aromatic rings. The van der Waals surface area contributed by atoms with Crippen LogP contribution in [0.2, 0.25) is 0 Å². The zero-order valence-corrected chi connectivity index (χ0v) is 12.1. The Hall–Kier alpha value is -1.40. The van der Waals surface area contributed by atoms with Gasteiger partial charge in [0.05, 0.1) is 11.5 Å². The summed E-state index contributed by atoms with van der Waals surface area (Å²) in [6, 6.07) is 6.36. The van der Waals surface area contributed by atoms with Gasteiger partial charge in [-0.05, 0) is 37.1 Å². The van der Waals surface area contributed by atoms with E-state index in [4.69, 9.17) is 4.74 Å². The number of sulfonamides is 1. The van der Waals surface area contributed by atoms with Gasteiger partial charge in [0.15, 0.2) is 0 Å². The molecule has 0 amide bonds. The van der Waals surface area contributed by atoms with Gasteiger partial charge in [0.25, 0.3) is 0 Å². The van der Waals surface area contributed by atoms with E-state index in [9.17, 15) is 13.2 Å². The molecule has 6 heteroatoms. The topological polar surface area (TPSA) is 63.7 Å². The quantitative estimate of drug-likeness (QED) is 0.593. The number of hydrogen-bond donors (Lipinski definition) is 0. The highest BCUT2D eigenvalue weighted by Crippen LogP contribution is 2.22. The molecule has 110 valence electrons. The summed E-state index contributed by atoms with van der Waals surface area (Å²) in [5, 5.41) is 0. The highest BCUT2D eigenvalue weighted by Gasteiger charge is 2.25. The minimum atomic E-state index is -3.38. The van der Waals surface area contributed by atoms with Crippen LogP contribution in [0.3, 0.4) is 0 Å². The van der Waals surface area contributed by atoms with E-state index < -0.39 is 10.0 Å². The third-order valence-electron chi connectivity index (χ3n) is 3.28. The Morgan fingerprint density at radius 1 is 1.10 bits per heavy atom. The molecule has 0 N–H and O–H groups in total. The lowest BCUT2D eigenvalue weighted by molar-refractivity contribution is -0.108. The van der Waals surface area contributed by atoms with Gasteiger partial charge < -0.3 is 9.53 Å². The third kappa shape index (κ3) is 3.58. The first-order valence-corrected chi connectivity index (χ1v) is 8.25. The molecule has 0 spiro atoms. The zero-order valence-electron chi connectivity index (χ0n) is 11.3. The van der Waals surface area contributed by atoms with Crippen molar-refractivity contribution in [1.82, 2.24) is 4.31 Å². The first-order valence-electron chi connectivity index (χ1n) is 6.81. The Morgan fingerprint density at radius 2 is 1.75 bits per heavy atom. The molecule has 0 radical (unpaired) electrons. The number of nitrogens with zero attached hydrogens (tertiary/aromatic N) is 1. The summed E-state index contributed by atoms with van der Waals surface area (Å²) in [7, 11) is -3.38. The number of benzene rings is 1. The molecule has 5 nitrogen and oxygen atoms in total. The average Bonchev–Trinajstić information content (AvgIpc) is 2.49. The molecule has 20 heavy (non-hydrogen) atoms. The van der Waals surface area contributed by atoms with Gasteiger partial charge in [-0.25, -0.2) is 8.42 Å². The summed E-state index contributed by atoms with van der Waals surface area (Å²) in [5.74, 6) is 0.574. The monoisotopic (exact) mass is 297 g/mol. The molecule has 2 rings (SSSR count). The van der Waals surface area contributed by atoms with Gasteiger partial charge in [0.2, 0.25) is 10.0 Å². The van der Waals surface area contributed by atoms with Crippen LogP contribution in [0.1, 0.15) is 25.7 Å². The first kappa shape index (κ1) is 15.0. The summed E-state index contributed by atoms with van der Waals surface area (Å²) in [6.45, 7) is 1.50. The summed E-state index contributed by atoms with van der Waals surface area (Å²) >= 11 is 0. The zero-order chi connectivity index (χ0) is 14.4. The van der Waals surface area contributed by atoms with E-state index in [1.54, 1.807) is 28.6 Å². The third-order valence-corrected chi connectivity index (χ3v) is 5.19. The van der Waals surface area contributed by atoms with E-state index in [2.05, 4.69) is 0 Å². The van der Waals surface area contributed by atoms with E-state index >= 15 is 0 Å². The fourth-order valence-corrected chi connectivity index (χ4v) is 3.70. The fourth-order valence-electron chi connectivity index (χ4n) is 2.19. The molecule has 0 aromatic heterocycles. The molecule has 1 aliphatic heterocycles. The molecule has 0 saturated carbocycles. The Kier molecular flexibility index (Phi) is 5.14. The Morgan fingerprint density at radius 3 is 2.35 bits per heavy atom. The summed E-state index contributed by atoms with van der Waals surface area (Å²) in [6.07, 6.45) is 4.05. The average molecular weight is 297 g/mol. The van der Waals surface area contributed by atoms with E-state index in [1.807, 2.05) is 0 Å². The van der Waals surface area contributed by atoms with Crippen LogP contribution in [0.15, 0.2) is 29.2 Å². The molecule has 1 aromatic carbocycles. The van der Waals surface area contributed by atoms with Gasteiger partial charge in [-0.1, -0.05) is 6.42 Å². The number of ether oxygens (including phenoxy) is 1. The predicted molar refractivity (Wildman–Crippen MR) is 75.2 cm³/mol. The van der Waals surface area contributed by atoms with E-state index in [-0.39, 0.29) is 0 Å². The second-order valence-electron chi connectivity index (χ2n) is 4.74. The smallest absolute Gasteiger partial charge is 0.243 e.